The summed E-state index contributed by atoms with van der Waals surface area (Å²) < 4.78 is 0. The summed E-state index contributed by atoms with van der Waals surface area (Å²) in [6, 6.07) is 16.0. The highest BCUT2D eigenvalue weighted by molar-refractivity contribution is 8.00. The van der Waals surface area contributed by atoms with Gasteiger partial charge in [0.15, 0.2) is 0 Å². The largest absolute Gasteiger partial charge is 0.757 e. The third kappa shape index (κ3) is 2.96. The van der Waals surface area contributed by atoms with Gasteiger partial charge in [0, 0.05) is 10.9 Å². The Morgan fingerprint density at radius 2 is 1.86 bits per heavy atom. The first-order chi connectivity index (χ1) is 10.1. The fourth-order valence-corrected chi connectivity index (χ4v) is 3.18. The summed E-state index contributed by atoms with van der Waals surface area (Å²) in [5, 5.41) is 13.4. The Balaban J connectivity index is 1.79. The molecule has 3 rings (SSSR count). The summed E-state index contributed by atoms with van der Waals surface area (Å²) in [5.41, 5.74) is 3.15. The molecule has 108 valence electrons. The SMILES string of the molecule is Cc1ccc(SCC2=Nc3ccccc3C(C)N2[O-])cc1. The highest BCUT2D eigenvalue weighted by Gasteiger charge is 2.20. The molecule has 1 aliphatic rings. The Kier molecular flexibility index (Phi) is 3.99. The van der Waals surface area contributed by atoms with Crippen molar-refractivity contribution in [1.82, 2.24) is 5.06 Å². The number of rotatable bonds is 3. The number of thioether (sulfide) groups is 1. The number of benzene rings is 2. The molecule has 0 fully saturated rings. The van der Waals surface area contributed by atoms with Crippen LogP contribution in [0.2, 0.25) is 0 Å². The van der Waals surface area contributed by atoms with Crippen LogP contribution in [0.3, 0.4) is 0 Å². The summed E-state index contributed by atoms with van der Waals surface area (Å²) in [4.78, 5) is 5.67. The van der Waals surface area contributed by atoms with E-state index in [1.807, 2.05) is 31.2 Å². The average molecular weight is 297 g/mol. The Bertz CT molecular complexity index is 667. The molecule has 0 aliphatic carbocycles. The number of aliphatic imine (C=N–C) groups is 1. The molecule has 0 amide bonds. The van der Waals surface area contributed by atoms with Gasteiger partial charge in [-0.1, -0.05) is 35.9 Å². The van der Waals surface area contributed by atoms with E-state index in [0.29, 0.717) is 11.6 Å². The second-order valence-electron chi connectivity index (χ2n) is 5.19. The van der Waals surface area contributed by atoms with Crippen LogP contribution in [0.25, 0.3) is 0 Å². The molecule has 0 N–H and O–H groups in total. The summed E-state index contributed by atoms with van der Waals surface area (Å²) >= 11 is 1.64. The highest BCUT2D eigenvalue weighted by atomic mass is 32.2. The van der Waals surface area contributed by atoms with Crippen molar-refractivity contribution < 1.29 is 0 Å². The van der Waals surface area contributed by atoms with E-state index < -0.39 is 0 Å². The first-order valence-electron chi connectivity index (χ1n) is 6.97. The molecular formula is C17H17N2OS-. The number of amidine groups is 1. The molecule has 1 unspecified atom stereocenters. The molecule has 1 heterocycles. The first kappa shape index (κ1) is 14.2. The van der Waals surface area contributed by atoms with Gasteiger partial charge in [0.25, 0.3) is 0 Å². The van der Waals surface area contributed by atoms with Crippen molar-refractivity contribution in [2.24, 2.45) is 4.99 Å². The van der Waals surface area contributed by atoms with Crippen molar-refractivity contribution in [1.29, 1.82) is 0 Å². The monoisotopic (exact) mass is 297 g/mol. The maximum Gasteiger partial charge on any atom is 0.105 e. The number of para-hydroxylation sites is 1. The quantitative estimate of drug-likeness (QED) is 0.771. The number of hydrogen-bond acceptors (Lipinski definition) is 4. The molecule has 2 aromatic carbocycles. The van der Waals surface area contributed by atoms with E-state index in [0.717, 1.165) is 21.2 Å². The Labute approximate surface area is 129 Å². The second-order valence-corrected chi connectivity index (χ2v) is 6.24. The lowest BCUT2D eigenvalue weighted by Gasteiger charge is -2.41. The first-order valence-corrected chi connectivity index (χ1v) is 7.96. The lowest BCUT2D eigenvalue weighted by molar-refractivity contribution is 0.437. The summed E-state index contributed by atoms with van der Waals surface area (Å²) in [7, 11) is 0. The molecular weight excluding hydrogens is 280 g/mol. The van der Waals surface area contributed by atoms with Crippen molar-refractivity contribution in [3.05, 3.63) is 64.9 Å². The molecule has 1 aliphatic heterocycles. The van der Waals surface area contributed by atoms with Crippen molar-refractivity contribution >= 4 is 23.3 Å². The van der Waals surface area contributed by atoms with Crippen molar-refractivity contribution in [2.45, 2.75) is 24.8 Å². The maximum atomic E-state index is 12.3. The zero-order valence-corrected chi connectivity index (χ0v) is 12.9. The van der Waals surface area contributed by atoms with E-state index in [1.165, 1.54) is 5.56 Å². The van der Waals surface area contributed by atoms with Crippen LogP contribution in [-0.2, 0) is 0 Å². The highest BCUT2D eigenvalue weighted by Crippen LogP contribution is 2.34. The van der Waals surface area contributed by atoms with Gasteiger partial charge in [-0.3, -0.25) is 0 Å². The van der Waals surface area contributed by atoms with Gasteiger partial charge in [0.2, 0.25) is 0 Å². The summed E-state index contributed by atoms with van der Waals surface area (Å²) in [5.74, 6) is 1.18. The van der Waals surface area contributed by atoms with Crippen LogP contribution in [0.15, 0.2) is 58.4 Å². The minimum absolute atomic E-state index is 0.174. The van der Waals surface area contributed by atoms with Crippen LogP contribution < -0.4 is 0 Å². The molecule has 0 saturated heterocycles. The minimum atomic E-state index is -0.174. The van der Waals surface area contributed by atoms with Crippen molar-refractivity contribution in [3.8, 4) is 0 Å². The van der Waals surface area contributed by atoms with Crippen LogP contribution in [0, 0.1) is 12.1 Å². The predicted molar refractivity (Wildman–Crippen MR) is 89.1 cm³/mol. The maximum absolute atomic E-state index is 12.3. The zero-order chi connectivity index (χ0) is 14.8. The summed E-state index contributed by atoms with van der Waals surface area (Å²) in [6.45, 7) is 3.99. The van der Waals surface area contributed by atoms with Gasteiger partial charge < -0.3 is 10.3 Å². The van der Waals surface area contributed by atoms with Gasteiger partial charge in [-0.15, -0.1) is 11.8 Å². The van der Waals surface area contributed by atoms with Crippen LogP contribution in [0.4, 0.5) is 5.69 Å². The molecule has 0 spiro atoms. The van der Waals surface area contributed by atoms with Gasteiger partial charge in [0.1, 0.15) is 5.84 Å². The van der Waals surface area contributed by atoms with E-state index in [2.05, 4.69) is 36.2 Å². The normalized spacial score (nSPS) is 17.4. The standard InChI is InChI=1S/C17H17N2OS/c1-12-7-9-14(10-8-12)21-11-17-18-16-6-4-3-5-15(16)13(2)19(17)20/h3-10,13H,11H2,1-2H3/q-1. The number of aryl methyl sites for hydroxylation is 1. The fourth-order valence-electron chi connectivity index (χ4n) is 2.36. The Morgan fingerprint density at radius 1 is 1.14 bits per heavy atom. The molecule has 1 atom stereocenters. The lowest BCUT2D eigenvalue weighted by Crippen LogP contribution is -2.32. The fraction of sp³-hybridized carbons (Fsp3) is 0.235. The predicted octanol–water partition coefficient (Wildman–Crippen LogP) is 4.69. The van der Waals surface area contributed by atoms with Crippen molar-refractivity contribution in [2.75, 3.05) is 5.75 Å². The number of nitrogens with zero attached hydrogens (tertiary/aromatic N) is 2. The molecule has 0 bridgehead atoms. The molecule has 4 heteroatoms. The van der Waals surface area contributed by atoms with Gasteiger partial charge in [-0.2, -0.15) is 0 Å². The van der Waals surface area contributed by atoms with Crippen LogP contribution >= 0.6 is 11.8 Å². The number of hydroxylamine groups is 2. The molecule has 3 nitrogen and oxygen atoms in total. The smallest absolute Gasteiger partial charge is 0.105 e. The molecule has 0 aromatic heterocycles. The van der Waals surface area contributed by atoms with E-state index in [1.54, 1.807) is 11.8 Å². The van der Waals surface area contributed by atoms with Gasteiger partial charge in [0.05, 0.1) is 11.4 Å². The van der Waals surface area contributed by atoms with Crippen LogP contribution in [0.1, 0.15) is 24.1 Å². The van der Waals surface area contributed by atoms with Crippen molar-refractivity contribution in [3.63, 3.8) is 0 Å². The molecule has 21 heavy (non-hydrogen) atoms. The van der Waals surface area contributed by atoms with Gasteiger partial charge >= 0.3 is 0 Å². The second kappa shape index (κ2) is 5.92. The average Bonchev–Trinajstić information content (AvgIpc) is 2.51. The Hall–Kier alpha value is -1.78. The topological polar surface area (TPSA) is 38.7 Å². The van der Waals surface area contributed by atoms with Crippen LogP contribution in [0.5, 0.6) is 0 Å². The van der Waals surface area contributed by atoms with E-state index in [9.17, 15) is 5.21 Å². The molecule has 2 aromatic rings. The zero-order valence-electron chi connectivity index (χ0n) is 12.1. The minimum Gasteiger partial charge on any atom is -0.757 e. The van der Waals surface area contributed by atoms with Crippen LogP contribution in [-0.4, -0.2) is 16.7 Å². The molecule has 0 saturated carbocycles. The van der Waals surface area contributed by atoms with E-state index >= 15 is 0 Å². The third-order valence-corrected chi connectivity index (χ3v) is 4.64. The number of hydrogen-bond donors (Lipinski definition) is 0. The lowest BCUT2D eigenvalue weighted by atomic mass is 10.0. The third-order valence-electron chi connectivity index (χ3n) is 3.63. The Morgan fingerprint density at radius 3 is 2.62 bits per heavy atom. The van der Waals surface area contributed by atoms with Gasteiger partial charge in [-0.05, 0) is 37.6 Å². The van der Waals surface area contributed by atoms with Gasteiger partial charge in [-0.25, -0.2) is 4.99 Å². The van der Waals surface area contributed by atoms with E-state index in [-0.39, 0.29) is 6.04 Å². The number of fused-ring (bicyclic) bond motifs is 1. The molecule has 0 radical (unpaired) electrons. The van der Waals surface area contributed by atoms with E-state index in [4.69, 9.17) is 0 Å². The summed E-state index contributed by atoms with van der Waals surface area (Å²) in [6.07, 6.45) is 0.